The number of unbranched alkanes of at least 4 members (excludes halogenated alkanes) is 4. The lowest BCUT2D eigenvalue weighted by molar-refractivity contribution is -0.138. The van der Waals surface area contributed by atoms with E-state index >= 15 is 0 Å². The molecule has 1 unspecified atom stereocenters. The lowest BCUT2D eigenvalue weighted by Crippen LogP contribution is -2.21. The Morgan fingerprint density at radius 3 is 2.30 bits per heavy atom. The van der Waals surface area contributed by atoms with Gasteiger partial charge in [-0.3, -0.25) is 0 Å². The highest BCUT2D eigenvalue weighted by Gasteiger charge is 2.34. The third kappa shape index (κ3) is 5.16. The smallest absolute Gasteiger partial charge is 0.313 e. The van der Waals surface area contributed by atoms with Crippen molar-refractivity contribution in [2.45, 2.75) is 57.7 Å². The molecule has 20 heavy (non-hydrogen) atoms. The summed E-state index contributed by atoms with van der Waals surface area (Å²) in [4.78, 5) is 0. The second kappa shape index (κ2) is 8.30. The number of halogens is 3. The van der Waals surface area contributed by atoms with Gasteiger partial charge in [0.1, 0.15) is 0 Å². The molecule has 114 valence electrons. The molecule has 0 aromatic heterocycles. The van der Waals surface area contributed by atoms with Crippen LogP contribution in [0.15, 0.2) is 24.3 Å². The lowest BCUT2D eigenvalue weighted by Gasteiger charge is -2.21. The number of nitrogens with one attached hydrogen (secondary N) is 1. The maximum absolute atomic E-state index is 13.0. The molecule has 1 rings (SSSR count). The van der Waals surface area contributed by atoms with Crippen LogP contribution in [-0.4, -0.2) is 7.05 Å². The molecule has 0 heterocycles. The largest absolute Gasteiger partial charge is 0.416 e. The highest BCUT2D eigenvalue weighted by atomic mass is 19.4. The summed E-state index contributed by atoms with van der Waals surface area (Å²) in [5.41, 5.74) is -0.161. The summed E-state index contributed by atoms with van der Waals surface area (Å²) in [6.07, 6.45) is 2.03. The Bertz CT molecular complexity index is 388. The minimum absolute atomic E-state index is 0.227. The van der Waals surface area contributed by atoms with Crippen molar-refractivity contribution in [1.82, 2.24) is 5.32 Å². The molecule has 1 aromatic rings. The molecule has 0 amide bonds. The fourth-order valence-corrected chi connectivity index (χ4v) is 2.47. The second-order valence-electron chi connectivity index (χ2n) is 5.13. The maximum atomic E-state index is 13.0. The first-order valence-corrected chi connectivity index (χ1v) is 7.34. The summed E-state index contributed by atoms with van der Waals surface area (Å²) in [5.74, 6) is 0. The highest BCUT2D eigenvalue weighted by molar-refractivity contribution is 5.32. The van der Waals surface area contributed by atoms with Crippen LogP contribution in [0.3, 0.4) is 0 Å². The summed E-state index contributed by atoms with van der Waals surface area (Å²) in [5, 5.41) is 3.02. The van der Waals surface area contributed by atoms with Gasteiger partial charge >= 0.3 is 6.18 Å². The first-order valence-electron chi connectivity index (χ1n) is 7.34. The summed E-state index contributed by atoms with van der Waals surface area (Å²) < 4.78 is 39.0. The Morgan fingerprint density at radius 1 is 1.05 bits per heavy atom. The van der Waals surface area contributed by atoms with Gasteiger partial charge in [0.2, 0.25) is 0 Å². The second-order valence-corrected chi connectivity index (χ2v) is 5.13. The van der Waals surface area contributed by atoms with E-state index in [-0.39, 0.29) is 6.04 Å². The standard InChI is InChI=1S/C16H24F3N/c1-3-4-5-6-7-12-15(20-2)13-10-8-9-11-14(13)16(17,18)19/h8-11,15,20H,3-7,12H2,1-2H3. The van der Waals surface area contributed by atoms with Gasteiger partial charge in [-0.15, -0.1) is 0 Å². The molecule has 4 heteroatoms. The van der Waals surface area contributed by atoms with E-state index in [0.717, 1.165) is 31.7 Å². The van der Waals surface area contributed by atoms with Gasteiger partial charge in [-0.2, -0.15) is 13.2 Å². The highest BCUT2D eigenvalue weighted by Crippen LogP contribution is 2.35. The molecular weight excluding hydrogens is 263 g/mol. The van der Waals surface area contributed by atoms with Crippen molar-refractivity contribution in [2.75, 3.05) is 7.05 Å². The third-order valence-corrected chi connectivity index (χ3v) is 3.59. The average molecular weight is 287 g/mol. The number of hydrogen-bond donors (Lipinski definition) is 1. The Hall–Kier alpha value is -1.03. The van der Waals surface area contributed by atoms with Gasteiger partial charge in [-0.1, -0.05) is 57.2 Å². The van der Waals surface area contributed by atoms with E-state index in [1.165, 1.54) is 18.9 Å². The van der Waals surface area contributed by atoms with Crippen LogP contribution >= 0.6 is 0 Å². The molecule has 0 saturated carbocycles. The van der Waals surface area contributed by atoms with Crippen LogP contribution in [-0.2, 0) is 6.18 Å². The first kappa shape index (κ1) is 17.0. The summed E-state index contributed by atoms with van der Waals surface area (Å²) in [7, 11) is 1.73. The Morgan fingerprint density at radius 2 is 1.70 bits per heavy atom. The fraction of sp³-hybridized carbons (Fsp3) is 0.625. The molecule has 0 aliphatic carbocycles. The Balaban J connectivity index is 2.70. The molecule has 0 bridgehead atoms. The minimum atomic E-state index is -4.28. The topological polar surface area (TPSA) is 12.0 Å². The SMILES string of the molecule is CCCCCCCC(NC)c1ccccc1C(F)(F)F. The normalized spacial score (nSPS) is 13.4. The monoisotopic (exact) mass is 287 g/mol. The molecule has 1 atom stereocenters. The number of benzene rings is 1. The van der Waals surface area contributed by atoms with Gasteiger partial charge in [0.05, 0.1) is 5.56 Å². The van der Waals surface area contributed by atoms with Crippen LogP contribution in [0, 0.1) is 0 Å². The summed E-state index contributed by atoms with van der Waals surface area (Å²) in [6, 6.07) is 5.63. The molecule has 0 radical (unpaired) electrons. The average Bonchev–Trinajstić information content (AvgIpc) is 2.42. The van der Waals surface area contributed by atoms with Crippen LogP contribution < -0.4 is 5.32 Å². The van der Waals surface area contributed by atoms with Gasteiger partial charge in [0, 0.05) is 6.04 Å². The van der Waals surface area contributed by atoms with Crippen molar-refractivity contribution in [1.29, 1.82) is 0 Å². The zero-order valence-electron chi connectivity index (χ0n) is 12.3. The number of hydrogen-bond acceptors (Lipinski definition) is 1. The van der Waals surface area contributed by atoms with Crippen LogP contribution in [0.1, 0.15) is 62.6 Å². The zero-order chi connectivity index (χ0) is 15.0. The predicted octanol–water partition coefficient (Wildman–Crippen LogP) is 5.33. The van der Waals surface area contributed by atoms with Gasteiger partial charge in [0.25, 0.3) is 0 Å². The molecule has 0 aliphatic heterocycles. The molecule has 0 fully saturated rings. The van der Waals surface area contributed by atoms with Crippen molar-refractivity contribution in [3.05, 3.63) is 35.4 Å². The Labute approximate surface area is 119 Å². The van der Waals surface area contributed by atoms with Gasteiger partial charge in [-0.25, -0.2) is 0 Å². The fourth-order valence-electron chi connectivity index (χ4n) is 2.47. The molecular formula is C16H24F3N. The molecule has 0 spiro atoms. The van der Waals surface area contributed by atoms with Crippen LogP contribution in [0.25, 0.3) is 0 Å². The van der Waals surface area contributed by atoms with E-state index in [1.54, 1.807) is 19.2 Å². The molecule has 1 N–H and O–H groups in total. The molecule has 0 aliphatic rings. The van der Waals surface area contributed by atoms with E-state index in [0.29, 0.717) is 5.56 Å². The van der Waals surface area contributed by atoms with Crippen LogP contribution in [0.4, 0.5) is 13.2 Å². The van der Waals surface area contributed by atoms with E-state index in [4.69, 9.17) is 0 Å². The quantitative estimate of drug-likeness (QED) is 0.637. The van der Waals surface area contributed by atoms with Crippen molar-refractivity contribution >= 4 is 0 Å². The molecule has 1 aromatic carbocycles. The van der Waals surface area contributed by atoms with Crippen molar-refractivity contribution in [3.63, 3.8) is 0 Å². The molecule has 1 nitrogen and oxygen atoms in total. The zero-order valence-corrected chi connectivity index (χ0v) is 12.3. The van der Waals surface area contributed by atoms with Gasteiger partial charge < -0.3 is 5.32 Å². The van der Waals surface area contributed by atoms with Crippen molar-refractivity contribution in [3.8, 4) is 0 Å². The van der Waals surface area contributed by atoms with Crippen molar-refractivity contribution < 1.29 is 13.2 Å². The summed E-state index contributed by atoms with van der Waals surface area (Å²) >= 11 is 0. The lowest BCUT2D eigenvalue weighted by atomic mass is 9.95. The summed E-state index contributed by atoms with van der Waals surface area (Å²) in [6.45, 7) is 2.15. The van der Waals surface area contributed by atoms with Gasteiger partial charge in [0.15, 0.2) is 0 Å². The Kier molecular flexibility index (Phi) is 7.06. The van der Waals surface area contributed by atoms with E-state index in [9.17, 15) is 13.2 Å². The van der Waals surface area contributed by atoms with Gasteiger partial charge in [-0.05, 0) is 25.1 Å². The first-order chi connectivity index (χ1) is 9.50. The van der Waals surface area contributed by atoms with Crippen LogP contribution in [0.2, 0.25) is 0 Å². The number of rotatable bonds is 8. The predicted molar refractivity (Wildman–Crippen MR) is 76.6 cm³/mol. The van der Waals surface area contributed by atoms with E-state index < -0.39 is 11.7 Å². The van der Waals surface area contributed by atoms with E-state index in [2.05, 4.69) is 12.2 Å². The van der Waals surface area contributed by atoms with Crippen LogP contribution in [0.5, 0.6) is 0 Å². The van der Waals surface area contributed by atoms with Crippen molar-refractivity contribution in [2.24, 2.45) is 0 Å². The minimum Gasteiger partial charge on any atom is -0.313 e. The molecule has 0 saturated heterocycles. The van der Waals surface area contributed by atoms with E-state index in [1.807, 2.05) is 0 Å². The third-order valence-electron chi connectivity index (χ3n) is 3.59. The number of alkyl halides is 3. The maximum Gasteiger partial charge on any atom is 0.416 e.